The van der Waals surface area contributed by atoms with Gasteiger partial charge in [-0.2, -0.15) is 0 Å². The lowest BCUT2D eigenvalue weighted by Gasteiger charge is -2.16. The molecule has 14 heavy (non-hydrogen) atoms. The average molecular weight is 194 g/mol. The van der Waals surface area contributed by atoms with Crippen molar-refractivity contribution in [1.29, 1.82) is 0 Å². The van der Waals surface area contributed by atoms with Crippen molar-refractivity contribution < 1.29 is 9.84 Å². The number of aliphatic hydroxyl groups excluding tert-OH is 1. The minimum atomic E-state index is 0.108. The maximum Gasteiger partial charge on any atom is 0.0556 e. The highest BCUT2D eigenvalue weighted by molar-refractivity contribution is 5.29. The van der Waals surface area contributed by atoms with Crippen molar-refractivity contribution in [3.05, 3.63) is 35.4 Å². The predicted molar refractivity (Wildman–Crippen MR) is 57.5 cm³/mol. The van der Waals surface area contributed by atoms with Crippen LogP contribution in [0.2, 0.25) is 0 Å². The van der Waals surface area contributed by atoms with Gasteiger partial charge < -0.3 is 9.84 Å². The molecule has 0 aliphatic carbocycles. The average Bonchev–Trinajstić information content (AvgIpc) is 2.21. The molecule has 1 atom stereocenters. The van der Waals surface area contributed by atoms with E-state index in [2.05, 4.69) is 19.1 Å². The molecule has 0 heterocycles. The SMILES string of the molecule is CCOCC(CO)c1ccccc1C. The second-order valence-electron chi connectivity index (χ2n) is 3.40. The van der Waals surface area contributed by atoms with E-state index in [1.54, 1.807) is 0 Å². The molecule has 0 spiro atoms. The summed E-state index contributed by atoms with van der Waals surface area (Å²) in [5.41, 5.74) is 2.40. The van der Waals surface area contributed by atoms with E-state index >= 15 is 0 Å². The molecule has 1 aromatic carbocycles. The number of aliphatic hydroxyl groups is 1. The van der Waals surface area contributed by atoms with E-state index in [-0.39, 0.29) is 12.5 Å². The summed E-state index contributed by atoms with van der Waals surface area (Å²) in [5.74, 6) is 0.108. The molecule has 0 saturated carbocycles. The van der Waals surface area contributed by atoms with E-state index in [0.717, 1.165) is 0 Å². The predicted octanol–water partition coefficient (Wildman–Crippen LogP) is 2.11. The van der Waals surface area contributed by atoms with Gasteiger partial charge in [-0.1, -0.05) is 24.3 Å². The molecule has 1 N–H and O–H groups in total. The van der Waals surface area contributed by atoms with Gasteiger partial charge in [-0.15, -0.1) is 0 Å². The van der Waals surface area contributed by atoms with Crippen molar-refractivity contribution in [2.45, 2.75) is 19.8 Å². The molecule has 0 aliphatic heterocycles. The molecule has 0 aliphatic rings. The zero-order chi connectivity index (χ0) is 10.4. The van der Waals surface area contributed by atoms with Gasteiger partial charge in [-0.05, 0) is 25.0 Å². The molecular weight excluding hydrogens is 176 g/mol. The first-order valence-electron chi connectivity index (χ1n) is 5.03. The van der Waals surface area contributed by atoms with Crippen molar-refractivity contribution in [3.8, 4) is 0 Å². The Balaban J connectivity index is 2.73. The van der Waals surface area contributed by atoms with Crippen molar-refractivity contribution in [3.63, 3.8) is 0 Å². The smallest absolute Gasteiger partial charge is 0.0556 e. The summed E-state index contributed by atoms with van der Waals surface area (Å²) < 4.78 is 5.34. The Bertz CT molecular complexity index is 271. The fourth-order valence-corrected chi connectivity index (χ4v) is 1.55. The highest BCUT2D eigenvalue weighted by atomic mass is 16.5. The first-order chi connectivity index (χ1) is 6.79. The molecule has 1 aromatic rings. The molecule has 0 aromatic heterocycles. The van der Waals surface area contributed by atoms with Gasteiger partial charge in [0.25, 0.3) is 0 Å². The largest absolute Gasteiger partial charge is 0.396 e. The molecule has 2 nitrogen and oxygen atoms in total. The highest BCUT2D eigenvalue weighted by Crippen LogP contribution is 2.19. The lowest BCUT2D eigenvalue weighted by atomic mass is 9.96. The Labute approximate surface area is 85.5 Å². The second-order valence-corrected chi connectivity index (χ2v) is 3.40. The zero-order valence-corrected chi connectivity index (χ0v) is 8.86. The van der Waals surface area contributed by atoms with E-state index in [9.17, 15) is 5.11 Å². The summed E-state index contributed by atoms with van der Waals surface area (Å²) in [4.78, 5) is 0. The summed E-state index contributed by atoms with van der Waals surface area (Å²) in [6.45, 7) is 5.46. The van der Waals surface area contributed by atoms with Crippen LogP contribution in [-0.4, -0.2) is 24.9 Å². The van der Waals surface area contributed by atoms with E-state index in [1.807, 2.05) is 19.1 Å². The molecule has 1 rings (SSSR count). The van der Waals surface area contributed by atoms with Gasteiger partial charge in [0, 0.05) is 12.5 Å². The van der Waals surface area contributed by atoms with E-state index in [0.29, 0.717) is 13.2 Å². The Morgan fingerprint density at radius 2 is 2.07 bits per heavy atom. The zero-order valence-electron chi connectivity index (χ0n) is 8.86. The second kappa shape index (κ2) is 5.78. The fourth-order valence-electron chi connectivity index (χ4n) is 1.55. The third kappa shape index (κ3) is 2.82. The summed E-state index contributed by atoms with van der Waals surface area (Å²) in [5, 5.41) is 9.25. The molecule has 0 saturated heterocycles. The molecule has 78 valence electrons. The van der Waals surface area contributed by atoms with Gasteiger partial charge in [0.15, 0.2) is 0 Å². The van der Waals surface area contributed by atoms with Crippen LogP contribution in [0.25, 0.3) is 0 Å². The van der Waals surface area contributed by atoms with Crippen LogP contribution in [-0.2, 0) is 4.74 Å². The van der Waals surface area contributed by atoms with Crippen molar-refractivity contribution >= 4 is 0 Å². The standard InChI is InChI=1S/C12H18O2/c1-3-14-9-11(8-13)12-7-5-4-6-10(12)2/h4-7,11,13H,3,8-9H2,1-2H3. The van der Waals surface area contributed by atoms with Crippen LogP contribution in [0.1, 0.15) is 24.0 Å². The third-order valence-electron chi connectivity index (χ3n) is 2.37. The lowest BCUT2D eigenvalue weighted by molar-refractivity contribution is 0.109. The van der Waals surface area contributed by atoms with Crippen LogP contribution in [0, 0.1) is 6.92 Å². The third-order valence-corrected chi connectivity index (χ3v) is 2.37. The van der Waals surface area contributed by atoms with E-state index in [1.165, 1.54) is 11.1 Å². The molecule has 0 fully saturated rings. The summed E-state index contributed by atoms with van der Waals surface area (Å²) >= 11 is 0. The lowest BCUT2D eigenvalue weighted by Crippen LogP contribution is -2.13. The minimum absolute atomic E-state index is 0.108. The van der Waals surface area contributed by atoms with Crippen molar-refractivity contribution in [2.24, 2.45) is 0 Å². The highest BCUT2D eigenvalue weighted by Gasteiger charge is 2.11. The summed E-state index contributed by atoms with van der Waals surface area (Å²) in [6.07, 6.45) is 0. The van der Waals surface area contributed by atoms with Gasteiger partial charge in [-0.25, -0.2) is 0 Å². The number of ether oxygens (including phenoxy) is 1. The first-order valence-corrected chi connectivity index (χ1v) is 5.03. The molecule has 0 radical (unpaired) electrons. The van der Waals surface area contributed by atoms with Gasteiger partial charge in [0.1, 0.15) is 0 Å². The van der Waals surface area contributed by atoms with Crippen molar-refractivity contribution in [2.75, 3.05) is 19.8 Å². The maximum atomic E-state index is 9.25. The summed E-state index contributed by atoms with van der Waals surface area (Å²) in [6, 6.07) is 8.12. The van der Waals surface area contributed by atoms with Gasteiger partial charge in [0.2, 0.25) is 0 Å². The first kappa shape index (κ1) is 11.2. The fraction of sp³-hybridized carbons (Fsp3) is 0.500. The Morgan fingerprint density at radius 1 is 1.36 bits per heavy atom. The van der Waals surface area contributed by atoms with Gasteiger partial charge >= 0.3 is 0 Å². The number of hydrogen-bond acceptors (Lipinski definition) is 2. The van der Waals surface area contributed by atoms with Crippen LogP contribution in [0.15, 0.2) is 24.3 Å². The topological polar surface area (TPSA) is 29.5 Å². The number of hydrogen-bond donors (Lipinski definition) is 1. The molecular formula is C12H18O2. The monoisotopic (exact) mass is 194 g/mol. The van der Waals surface area contributed by atoms with Crippen LogP contribution < -0.4 is 0 Å². The van der Waals surface area contributed by atoms with Crippen LogP contribution >= 0.6 is 0 Å². The maximum absolute atomic E-state index is 9.25. The molecule has 2 heteroatoms. The molecule has 1 unspecified atom stereocenters. The normalized spacial score (nSPS) is 12.8. The Kier molecular flexibility index (Phi) is 4.63. The summed E-state index contributed by atoms with van der Waals surface area (Å²) in [7, 11) is 0. The van der Waals surface area contributed by atoms with Gasteiger partial charge in [-0.3, -0.25) is 0 Å². The minimum Gasteiger partial charge on any atom is -0.396 e. The molecule has 0 amide bonds. The number of benzene rings is 1. The van der Waals surface area contributed by atoms with Gasteiger partial charge in [0.05, 0.1) is 13.2 Å². The van der Waals surface area contributed by atoms with Crippen molar-refractivity contribution in [1.82, 2.24) is 0 Å². The number of rotatable bonds is 5. The van der Waals surface area contributed by atoms with Crippen LogP contribution in [0.3, 0.4) is 0 Å². The molecule has 0 bridgehead atoms. The van der Waals surface area contributed by atoms with E-state index < -0.39 is 0 Å². The quantitative estimate of drug-likeness (QED) is 0.778. The van der Waals surface area contributed by atoms with E-state index in [4.69, 9.17) is 4.74 Å². The van der Waals surface area contributed by atoms with Crippen LogP contribution in [0.5, 0.6) is 0 Å². The number of aryl methyl sites for hydroxylation is 1. The Morgan fingerprint density at radius 3 is 2.64 bits per heavy atom. The Hall–Kier alpha value is -0.860. The van der Waals surface area contributed by atoms with Crippen LogP contribution in [0.4, 0.5) is 0 Å².